The maximum atomic E-state index is 4.30. The standard InChI is InChI=1S/C10H18N2/c1-8(2)7-11-12-10-5-4-9(3)6-10/h6,8,11H,4-5,7H2,1-3H3/b12-10+. The Morgan fingerprint density at radius 2 is 2.25 bits per heavy atom. The van der Waals surface area contributed by atoms with Crippen LogP contribution in [-0.4, -0.2) is 12.3 Å². The zero-order valence-corrected chi connectivity index (χ0v) is 8.22. The fraction of sp³-hybridized carbons (Fsp3) is 0.700. The number of hydrazone groups is 1. The van der Waals surface area contributed by atoms with E-state index in [0.29, 0.717) is 5.92 Å². The van der Waals surface area contributed by atoms with E-state index >= 15 is 0 Å². The summed E-state index contributed by atoms with van der Waals surface area (Å²) >= 11 is 0. The molecule has 0 amide bonds. The van der Waals surface area contributed by atoms with Crippen molar-refractivity contribution in [2.75, 3.05) is 6.54 Å². The number of nitrogens with zero attached hydrogens (tertiary/aromatic N) is 1. The van der Waals surface area contributed by atoms with Gasteiger partial charge in [0, 0.05) is 6.54 Å². The molecule has 2 heteroatoms. The van der Waals surface area contributed by atoms with Crippen molar-refractivity contribution < 1.29 is 0 Å². The van der Waals surface area contributed by atoms with Crippen LogP contribution in [0.3, 0.4) is 0 Å². The van der Waals surface area contributed by atoms with E-state index < -0.39 is 0 Å². The molecule has 68 valence electrons. The van der Waals surface area contributed by atoms with Gasteiger partial charge in [-0.1, -0.05) is 19.4 Å². The zero-order chi connectivity index (χ0) is 8.97. The van der Waals surface area contributed by atoms with Gasteiger partial charge >= 0.3 is 0 Å². The summed E-state index contributed by atoms with van der Waals surface area (Å²) in [5.74, 6) is 0.667. The van der Waals surface area contributed by atoms with E-state index in [1.807, 2.05) is 0 Å². The highest BCUT2D eigenvalue weighted by molar-refractivity contribution is 5.97. The Labute approximate surface area is 74.7 Å². The Hall–Kier alpha value is -0.790. The van der Waals surface area contributed by atoms with E-state index in [1.165, 1.54) is 17.7 Å². The predicted molar refractivity (Wildman–Crippen MR) is 53.3 cm³/mol. The Morgan fingerprint density at radius 1 is 1.50 bits per heavy atom. The van der Waals surface area contributed by atoms with Crippen molar-refractivity contribution in [2.24, 2.45) is 11.0 Å². The van der Waals surface area contributed by atoms with Gasteiger partial charge in [0.15, 0.2) is 0 Å². The molecule has 0 saturated heterocycles. The molecule has 12 heavy (non-hydrogen) atoms. The van der Waals surface area contributed by atoms with E-state index in [1.54, 1.807) is 0 Å². The second kappa shape index (κ2) is 4.29. The van der Waals surface area contributed by atoms with E-state index in [9.17, 15) is 0 Å². The SMILES string of the molecule is CC1=C/C(=N/NCC(C)C)CC1. The Balaban J connectivity index is 2.29. The number of hydrogen-bond acceptors (Lipinski definition) is 2. The lowest BCUT2D eigenvalue weighted by Gasteiger charge is -2.03. The smallest absolute Gasteiger partial charge is 0.0605 e. The molecule has 0 unspecified atom stereocenters. The Bertz CT molecular complexity index is 202. The van der Waals surface area contributed by atoms with Crippen LogP contribution in [0.1, 0.15) is 33.6 Å². The van der Waals surface area contributed by atoms with Crippen LogP contribution < -0.4 is 5.43 Å². The number of nitrogens with one attached hydrogen (secondary N) is 1. The van der Waals surface area contributed by atoms with Gasteiger partial charge in [-0.3, -0.25) is 0 Å². The molecule has 0 aromatic heterocycles. The van der Waals surface area contributed by atoms with Crippen molar-refractivity contribution in [2.45, 2.75) is 33.6 Å². The first-order valence-corrected chi connectivity index (χ1v) is 4.65. The van der Waals surface area contributed by atoms with Crippen molar-refractivity contribution in [3.8, 4) is 0 Å². The summed E-state index contributed by atoms with van der Waals surface area (Å²) in [6, 6.07) is 0. The zero-order valence-electron chi connectivity index (χ0n) is 8.22. The van der Waals surface area contributed by atoms with Crippen molar-refractivity contribution in [1.29, 1.82) is 0 Å². The summed E-state index contributed by atoms with van der Waals surface area (Å²) in [6.45, 7) is 7.49. The van der Waals surface area contributed by atoms with Crippen LogP contribution in [0.4, 0.5) is 0 Å². The molecule has 2 nitrogen and oxygen atoms in total. The fourth-order valence-corrected chi connectivity index (χ4v) is 1.17. The van der Waals surface area contributed by atoms with Crippen molar-refractivity contribution in [3.05, 3.63) is 11.6 Å². The number of allylic oxidation sites excluding steroid dienone is 2. The quantitative estimate of drug-likeness (QED) is 0.639. The summed E-state index contributed by atoms with van der Waals surface area (Å²) in [7, 11) is 0. The molecule has 0 aliphatic heterocycles. The summed E-state index contributed by atoms with van der Waals surface area (Å²) in [6.07, 6.45) is 4.46. The monoisotopic (exact) mass is 166 g/mol. The van der Waals surface area contributed by atoms with E-state index in [2.05, 4.69) is 37.4 Å². The largest absolute Gasteiger partial charge is 0.310 e. The molecule has 0 radical (unpaired) electrons. The van der Waals surface area contributed by atoms with Gasteiger partial charge in [-0.15, -0.1) is 0 Å². The third kappa shape index (κ3) is 3.07. The Kier molecular flexibility index (Phi) is 3.32. The molecule has 0 aromatic carbocycles. The average Bonchev–Trinajstić information content (AvgIpc) is 2.35. The molecule has 0 atom stereocenters. The second-order valence-corrected chi connectivity index (χ2v) is 3.85. The van der Waals surface area contributed by atoms with Crippen molar-refractivity contribution >= 4 is 5.71 Å². The van der Waals surface area contributed by atoms with Gasteiger partial charge < -0.3 is 5.43 Å². The van der Waals surface area contributed by atoms with Gasteiger partial charge in [-0.25, -0.2) is 0 Å². The molecule has 0 spiro atoms. The molecule has 0 bridgehead atoms. The minimum atomic E-state index is 0.667. The van der Waals surface area contributed by atoms with Gasteiger partial charge in [0.1, 0.15) is 0 Å². The molecular weight excluding hydrogens is 148 g/mol. The molecule has 1 rings (SSSR count). The van der Waals surface area contributed by atoms with Crippen LogP contribution in [0.15, 0.2) is 16.8 Å². The molecule has 0 aromatic rings. The second-order valence-electron chi connectivity index (χ2n) is 3.85. The first kappa shape index (κ1) is 9.30. The lowest BCUT2D eigenvalue weighted by molar-refractivity contribution is 0.570. The number of rotatable bonds is 3. The molecular formula is C10H18N2. The highest BCUT2D eigenvalue weighted by atomic mass is 15.3. The van der Waals surface area contributed by atoms with Crippen molar-refractivity contribution in [1.82, 2.24) is 5.43 Å². The molecule has 1 aliphatic carbocycles. The van der Waals surface area contributed by atoms with Crippen LogP contribution in [0.25, 0.3) is 0 Å². The average molecular weight is 166 g/mol. The van der Waals surface area contributed by atoms with E-state index in [4.69, 9.17) is 0 Å². The molecule has 1 N–H and O–H groups in total. The minimum Gasteiger partial charge on any atom is -0.310 e. The first-order valence-electron chi connectivity index (χ1n) is 4.65. The number of hydrogen-bond donors (Lipinski definition) is 1. The summed E-state index contributed by atoms with van der Waals surface area (Å²) < 4.78 is 0. The highest BCUT2D eigenvalue weighted by Gasteiger charge is 2.05. The predicted octanol–water partition coefficient (Wildman–Crippen LogP) is 2.33. The summed E-state index contributed by atoms with van der Waals surface area (Å²) in [4.78, 5) is 0. The summed E-state index contributed by atoms with van der Waals surface area (Å²) in [5, 5.41) is 4.30. The van der Waals surface area contributed by atoms with E-state index in [-0.39, 0.29) is 0 Å². The van der Waals surface area contributed by atoms with E-state index in [0.717, 1.165) is 13.0 Å². The third-order valence-electron chi connectivity index (χ3n) is 1.91. The normalized spacial score (nSPS) is 20.3. The van der Waals surface area contributed by atoms with Gasteiger partial charge in [-0.05, 0) is 31.8 Å². The van der Waals surface area contributed by atoms with Crippen LogP contribution in [0, 0.1) is 5.92 Å². The van der Waals surface area contributed by atoms with Gasteiger partial charge in [0.2, 0.25) is 0 Å². The van der Waals surface area contributed by atoms with Gasteiger partial charge in [0.05, 0.1) is 5.71 Å². The van der Waals surface area contributed by atoms with Crippen LogP contribution in [0.5, 0.6) is 0 Å². The molecule has 0 saturated carbocycles. The fourth-order valence-electron chi connectivity index (χ4n) is 1.17. The summed E-state index contributed by atoms with van der Waals surface area (Å²) in [5.41, 5.74) is 5.74. The van der Waals surface area contributed by atoms with Crippen LogP contribution >= 0.6 is 0 Å². The highest BCUT2D eigenvalue weighted by Crippen LogP contribution is 2.14. The lowest BCUT2D eigenvalue weighted by Crippen LogP contribution is -2.14. The molecule has 0 heterocycles. The van der Waals surface area contributed by atoms with Crippen LogP contribution in [-0.2, 0) is 0 Å². The molecule has 0 fully saturated rings. The third-order valence-corrected chi connectivity index (χ3v) is 1.91. The van der Waals surface area contributed by atoms with Gasteiger partial charge in [-0.2, -0.15) is 5.10 Å². The first-order chi connectivity index (χ1) is 5.68. The topological polar surface area (TPSA) is 24.4 Å². The van der Waals surface area contributed by atoms with Gasteiger partial charge in [0.25, 0.3) is 0 Å². The van der Waals surface area contributed by atoms with Crippen molar-refractivity contribution in [3.63, 3.8) is 0 Å². The molecule has 1 aliphatic rings. The lowest BCUT2D eigenvalue weighted by atomic mass is 10.2. The van der Waals surface area contributed by atoms with Crippen LogP contribution in [0.2, 0.25) is 0 Å². The maximum Gasteiger partial charge on any atom is 0.0605 e. The Morgan fingerprint density at radius 3 is 2.75 bits per heavy atom. The maximum absolute atomic E-state index is 4.30. The minimum absolute atomic E-state index is 0.667.